The van der Waals surface area contributed by atoms with Crippen molar-refractivity contribution in [2.75, 3.05) is 19.6 Å². The number of hydrogen-bond donors (Lipinski definition) is 0. The maximum Gasteiger partial charge on any atom is 0.0783 e. The van der Waals surface area contributed by atoms with Crippen LogP contribution in [0.3, 0.4) is 0 Å². The van der Waals surface area contributed by atoms with Crippen LogP contribution in [-0.4, -0.2) is 24.3 Å². The van der Waals surface area contributed by atoms with Gasteiger partial charge in [0.2, 0.25) is 0 Å². The minimum atomic E-state index is 0.123. The summed E-state index contributed by atoms with van der Waals surface area (Å²) in [7, 11) is 0. The highest BCUT2D eigenvalue weighted by Gasteiger charge is 2.18. The van der Waals surface area contributed by atoms with E-state index in [0.717, 1.165) is 38.9 Å². The van der Waals surface area contributed by atoms with E-state index < -0.39 is 0 Å². The predicted octanol–water partition coefficient (Wildman–Crippen LogP) is 7.36. The monoisotopic (exact) mass is 339 g/mol. The first-order valence-corrected chi connectivity index (χ1v) is 11.3. The summed E-state index contributed by atoms with van der Waals surface area (Å²) >= 11 is 0. The molecule has 1 heterocycles. The van der Waals surface area contributed by atoms with Gasteiger partial charge in [0.25, 0.3) is 0 Å². The highest BCUT2D eigenvalue weighted by atomic mass is 16.5. The molecule has 0 aromatic heterocycles. The minimum absolute atomic E-state index is 0.123. The fourth-order valence-corrected chi connectivity index (χ4v) is 4.08. The number of unbranched alkanes of at least 4 members (excludes halogenated alkanes) is 13. The zero-order chi connectivity index (χ0) is 17.3. The first-order chi connectivity index (χ1) is 11.8. The molecule has 0 spiro atoms. The first-order valence-electron chi connectivity index (χ1n) is 11.3. The molecule has 1 aliphatic heterocycles. The molecule has 0 radical (unpaired) electrons. The Morgan fingerprint density at radius 2 is 0.917 bits per heavy atom. The van der Waals surface area contributed by atoms with Gasteiger partial charge in [-0.05, 0) is 38.5 Å². The molecule has 0 aromatic rings. The second-order valence-electron chi connectivity index (χ2n) is 8.24. The number of likely N-dealkylation sites (tertiary alicyclic amines) is 1. The summed E-state index contributed by atoms with van der Waals surface area (Å²) in [5, 5.41) is 12.6. The molecular weight excluding hydrogens is 294 g/mol. The summed E-state index contributed by atoms with van der Waals surface area (Å²) in [6.07, 6.45) is 24.3. The molecule has 2 heteroatoms. The van der Waals surface area contributed by atoms with Crippen LogP contribution in [0.4, 0.5) is 0 Å². The third kappa shape index (κ3) is 12.3. The van der Waals surface area contributed by atoms with E-state index in [2.05, 4.69) is 6.92 Å². The molecular formula is C22H45NO. The largest absolute Gasteiger partial charge is 0.633 e. The lowest BCUT2D eigenvalue weighted by Crippen LogP contribution is -2.43. The van der Waals surface area contributed by atoms with Gasteiger partial charge < -0.3 is 9.85 Å². The molecule has 0 bridgehead atoms. The maximum absolute atomic E-state index is 12.6. The van der Waals surface area contributed by atoms with Crippen molar-refractivity contribution in [1.82, 2.24) is 0 Å². The van der Waals surface area contributed by atoms with Crippen molar-refractivity contribution < 1.29 is 4.65 Å². The topological polar surface area (TPSA) is 23.1 Å². The van der Waals surface area contributed by atoms with E-state index in [9.17, 15) is 5.21 Å². The van der Waals surface area contributed by atoms with Crippen molar-refractivity contribution in [2.45, 2.75) is 122 Å². The Hall–Kier alpha value is -0.0800. The lowest BCUT2D eigenvalue weighted by atomic mass is 10.0. The Morgan fingerprint density at radius 3 is 1.33 bits per heavy atom. The molecule has 1 fully saturated rings. The normalized spacial score (nSPS) is 17.8. The first kappa shape index (κ1) is 22.0. The molecule has 1 rings (SSSR count). The molecule has 0 saturated carbocycles. The summed E-state index contributed by atoms with van der Waals surface area (Å²) in [5.41, 5.74) is 0. The molecule has 0 atom stereocenters. The molecule has 1 aliphatic rings. The average Bonchev–Trinajstić information content (AvgIpc) is 2.80. The molecule has 0 aliphatic carbocycles. The van der Waals surface area contributed by atoms with Crippen molar-refractivity contribution >= 4 is 0 Å². The van der Waals surface area contributed by atoms with E-state index >= 15 is 0 Å². The summed E-state index contributed by atoms with van der Waals surface area (Å²) in [6.45, 7) is 4.95. The van der Waals surface area contributed by atoms with Crippen LogP contribution in [-0.2, 0) is 0 Å². The highest BCUT2D eigenvalue weighted by Crippen LogP contribution is 2.19. The fraction of sp³-hybridized carbons (Fsp3) is 1.00. The molecule has 0 unspecified atom stereocenters. The van der Waals surface area contributed by atoms with Gasteiger partial charge in [-0.1, -0.05) is 84.0 Å². The number of hydrogen-bond acceptors (Lipinski definition) is 1. The molecule has 1 saturated heterocycles. The second kappa shape index (κ2) is 15.2. The van der Waals surface area contributed by atoms with Crippen molar-refractivity contribution in [3.8, 4) is 0 Å². The summed E-state index contributed by atoms with van der Waals surface area (Å²) in [6, 6.07) is 0. The van der Waals surface area contributed by atoms with Crippen molar-refractivity contribution in [1.29, 1.82) is 0 Å². The van der Waals surface area contributed by atoms with Gasteiger partial charge >= 0.3 is 0 Å². The summed E-state index contributed by atoms with van der Waals surface area (Å²) < 4.78 is 0.123. The predicted molar refractivity (Wildman–Crippen MR) is 107 cm³/mol. The van der Waals surface area contributed by atoms with E-state index in [-0.39, 0.29) is 4.65 Å². The van der Waals surface area contributed by atoms with Gasteiger partial charge in [0.1, 0.15) is 0 Å². The standard InChI is InChI=1S/C22H45NO/c1-2-3-4-5-6-7-8-9-10-11-12-13-14-17-20-23(24)21-18-15-16-19-22-23/h2-22H2,1H3. The molecule has 24 heavy (non-hydrogen) atoms. The summed E-state index contributed by atoms with van der Waals surface area (Å²) in [5.74, 6) is 0. The maximum atomic E-state index is 12.6. The van der Waals surface area contributed by atoms with Crippen LogP contribution < -0.4 is 0 Å². The Labute approximate surface area is 152 Å². The van der Waals surface area contributed by atoms with Crippen LogP contribution >= 0.6 is 0 Å². The SMILES string of the molecule is CCCCCCCCCCCCCCCC[N+]1([O-])CCCCCC1. The van der Waals surface area contributed by atoms with Gasteiger partial charge in [-0.15, -0.1) is 0 Å². The number of hydroxylamine groups is 3. The van der Waals surface area contributed by atoms with Gasteiger partial charge in [-0.3, -0.25) is 0 Å². The van der Waals surface area contributed by atoms with E-state index in [1.165, 1.54) is 96.3 Å². The van der Waals surface area contributed by atoms with Crippen LogP contribution in [0.2, 0.25) is 0 Å². The van der Waals surface area contributed by atoms with E-state index in [4.69, 9.17) is 0 Å². The Bertz CT molecular complexity index is 259. The molecule has 0 aromatic carbocycles. The Morgan fingerprint density at radius 1 is 0.542 bits per heavy atom. The van der Waals surface area contributed by atoms with Crippen LogP contribution in [0.1, 0.15) is 122 Å². The third-order valence-corrected chi connectivity index (χ3v) is 5.80. The van der Waals surface area contributed by atoms with E-state index in [1.807, 2.05) is 0 Å². The quantitative estimate of drug-likeness (QED) is 0.174. The van der Waals surface area contributed by atoms with Gasteiger partial charge in [0.15, 0.2) is 0 Å². The highest BCUT2D eigenvalue weighted by molar-refractivity contribution is 4.55. The Kier molecular flexibility index (Phi) is 13.9. The number of nitrogens with zero attached hydrogens (tertiary/aromatic N) is 1. The number of quaternary nitrogens is 1. The van der Waals surface area contributed by atoms with Gasteiger partial charge in [-0.2, -0.15) is 0 Å². The smallest absolute Gasteiger partial charge is 0.0783 e. The molecule has 2 nitrogen and oxygen atoms in total. The van der Waals surface area contributed by atoms with E-state index in [0.29, 0.717) is 0 Å². The Balaban J connectivity index is 1.79. The molecule has 0 N–H and O–H groups in total. The van der Waals surface area contributed by atoms with Crippen molar-refractivity contribution in [2.24, 2.45) is 0 Å². The van der Waals surface area contributed by atoms with E-state index in [1.54, 1.807) is 0 Å². The number of rotatable bonds is 15. The van der Waals surface area contributed by atoms with Gasteiger partial charge in [-0.25, -0.2) is 0 Å². The molecule has 144 valence electrons. The lowest BCUT2D eigenvalue weighted by molar-refractivity contribution is -0.880. The average molecular weight is 340 g/mol. The molecule has 0 amide bonds. The summed E-state index contributed by atoms with van der Waals surface area (Å²) in [4.78, 5) is 0. The lowest BCUT2D eigenvalue weighted by Gasteiger charge is -2.42. The second-order valence-corrected chi connectivity index (χ2v) is 8.24. The third-order valence-electron chi connectivity index (χ3n) is 5.80. The van der Waals surface area contributed by atoms with Gasteiger partial charge in [0, 0.05) is 0 Å². The minimum Gasteiger partial charge on any atom is -0.633 e. The van der Waals surface area contributed by atoms with Crippen LogP contribution in [0.5, 0.6) is 0 Å². The van der Waals surface area contributed by atoms with Crippen molar-refractivity contribution in [3.05, 3.63) is 5.21 Å². The van der Waals surface area contributed by atoms with Crippen LogP contribution in [0, 0.1) is 5.21 Å². The van der Waals surface area contributed by atoms with Crippen molar-refractivity contribution in [3.63, 3.8) is 0 Å². The fourth-order valence-electron chi connectivity index (χ4n) is 4.08. The van der Waals surface area contributed by atoms with Crippen LogP contribution in [0.25, 0.3) is 0 Å². The van der Waals surface area contributed by atoms with Gasteiger partial charge in [0.05, 0.1) is 19.6 Å². The zero-order valence-electron chi connectivity index (χ0n) is 16.7. The zero-order valence-corrected chi connectivity index (χ0v) is 16.7. The van der Waals surface area contributed by atoms with Crippen LogP contribution in [0.15, 0.2) is 0 Å².